The molecule has 0 fully saturated rings. The highest BCUT2D eigenvalue weighted by Crippen LogP contribution is 2.39. The molecular formula is C14H12ClNO3. The van der Waals surface area contributed by atoms with E-state index in [2.05, 4.69) is 0 Å². The summed E-state index contributed by atoms with van der Waals surface area (Å²) in [4.78, 5) is 14.0. The zero-order valence-corrected chi connectivity index (χ0v) is 11.1. The van der Waals surface area contributed by atoms with Crippen LogP contribution in [-0.4, -0.2) is 18.6 Å². The van der Waals surface area contributed by atoms with Gasteiger partial charge in [-0.2, -0.15) is 0 Å². The number of hydrogen-bond donors (Lipinski definition) is 0. The third kappa shape index (κ3) is 2.08. The van der Waals surface area contributed by atoms with E-state index in [-0.39, 0.29) is 12.0 Å². The topological polar surface area (TPSA) is 42.7 Å². The van der Waals surface area contributed by atoms with Crippen LogP contribution < -0.4 is 9.64 Å². The molecule has 1 aromatic carbocycles. The molecule has 0 aliphatic carbocycles. The fourth-order valence-electron chi connectivity index (χ4n) is 2.15. The molecule has 0 N–H and O–H groups in total. The lowest BCUT2D eigenvalue weighted by Crippen LogP contribution is -2.42. The van der Waals surface area contributed by atoms with Crippen molar-refractivity contribution in [3.8, 4) is 5.75 Å². The predicted octanol–water partition coefficient (Wildman–Crippen LogP) is 3.36. The van der Waals surface area contributed by atoms with Crippen molar-refractivity contribution in [1.29, 1.82) is 0 Å². The van der Waals surface area contributed by atoms with E-state index in [1.807, 2.05) is 13.0 Å². The highest BCUT2D eigenvalue weighted by molar-refractivity contribution is 6.32. The van der Waals surface area contributed by atoms with Gasteiger partial charge in [-0.15, -0.1) is 0 Å². The molecule has 2 aromatic rings. The lowest BCUT2D eigenvalue weighted by atomic mass is 10.2. The molecule has 1 aliphatic rings. The minimum absolute atomic E-state index is 0.119. The molecule has 0 radical (unpaired) electrons. The van der Waals surface area contributed by atoms with Gasteiger partial charge in [0.25, 0.3) is 5.91 Å². The van der Waals surface area contributed by atoms with E-state index >= 15 is 0 Å². The number of carbonyl (C=O) groups excluding carboxylic acids is 1. The van der Waals surface area contributed by atoms with Crippen LogP contribution in [0, 0.1) is 0 Å². The first kappa shape index (κ1) is 12.1. The Kier molecular flexibility index (Phi) is 2.95. The zero-order chi connectivity index (χ0) is 13.4. The van der Waals surface area contributed by atoms with Crippen molar-refractivity contribution in [1.82, 2.24) is 0 Å². The molecule has 0 saturated carbocycles. The van der Waals surface area contributed by atoms with Crippen molar-refractivity contribution in [3.05, 3.63) is 47.4 Å². The van der Waals surface area contributed by atoms with Gasteiger partial charge in [0, 0.05) is 0 Å². The minimum atomic E-state index is -0.191. The maximum atomic E-state index is 12.4. The van der Waals surface area contributed by atoms with Crippen LogP contribution in [-0.2, 0) is 0 Å². The van der Waals surface area contributed by atoms with E-state index in [1.54, 1.807) is 29.2 Å². The van der Waals surface area contributed by atoms with E-state index in [0.717, 1.165) is 0 Å². The molecule has 5 heteroatoms. The summed E-state index contributed by atoms with van der Waals surface area (Å²) in [6.07, 6.45) is 1.36. The molecule has 1 unspecified atom stereocenters. The van der Waals surface area contributed by atoms with Gasteiger partial charge in [-0.05, 0) is 31.2 Å². The van der Waals surface area contributed by atoms with Crippen molar-refractivity contribution < 1.29 is 13.9 Å². The summed E-state index contributed by atoms with van der Waals surface area (Å²) < 4.78 is 10.9. The van der Waals surface area contributed by atoms with Crippen LogP contribution in [0.1, 0.15) is 17.5 Å². The van der Waals surface area contributed by atoms with Gasteiger partial charge in [-0.3, -0.25) is 9.69 Å². The van der Waals surface area contributed by atoms with Crippen LogP contribution in [0.25, 0.3) is 0 Å². The van der Waals surface area contributed by atoms with Gasteiger partial charge < -0.3 is 9.15 Å². The highest BCUT2D eigenvalue weighted by atomic mass is 35.5. The maximum absolute atomic E-state index is 12.4. The average molecular weight is 278 g/mol. The fraction of sp³-hybridized carbons (Fsp3) is 0.214. The summed E-state index contributed by atoms with van der Waals surface area (Å²) >= 11 is 6.12. The Labute approximate surface area is 115 Å². The van der Waals surface area contributed by atoms with Gasteiger partial charge >= 0.3 is 0 Å². The van der Waals surface area contributed by atoms with Crippen LogP contribution >= 0.6 is 11.6 Å². The number of fused-ring (bicyclic) bond motifs is 1. The molecule has 98 valence electrons. The molecule has 1 aliphatic heterocycles. The Hall–Kier alpha value is -1.94. The normalized spacial score (nSPS) is 17.8. The summed E-state index contributed by atoms with van der Waals surface area (Å²) in [7, 11) is 0. The van der Waals surface area contributed by atoms with Gasteiger partial charge in [-0.25, -0.2) is 0 Å². The van der Waals surface area contributed by atoms with Crippen LogP contribution in [0.15, 0.2) is 41.0 Å². The first-order valence-corrected chi connectivity index (χ1v) is 6.35. The third-order valence-corrected chi connectivity index (χ3v) is 3.27. The number of carbonyl (C=O) groups is 1. The second-order valence-corrected chi connectivity index (χ2v) is 4.82. The van der Waals surface area contributed by atoms with Crippen molar-refractivity contribution >= 4 is 23.2 Å². The lowest BCUT2D eigenvalue weighted by molar-refractivity contribution is 0.0934. The van der Waals surface area contributed by atoms with Crippen molar-refractivity contribution in [3.63, 3.8) is 0 Å². The number of halogens is 1. The Balaban J connectivity index is 2.04. The lowest BCUT2D eigenvalue weighted by Gasteiger charge is -2.33. The standard InChI is InChI=1S/C14H12ClNO3/c1-9-8-16(14(17)12-6-3-7-18-12)11-5-2-4-10(15)13(11)19-9/h2-7,9H,8H2,1H3. The first-order chi connectivity index (χ1) is 9.16. The van der Waals surface area contributed by atoms with Gasteiger partial charge in [0.2, 0.25) is 0 Å². The number of ether oxygens (including phenoxy) is 1. The molecule has 4 nitrogen and oxygen atoms in total. The number of rotatable bonds is 1. The molecule has 1 amide bonds. The fourth-order valence-corrected chi connectivity index (χ4v) is 2.36. The smallest absolute Gasteiger partial charge is 0.294 e. The van der Waals surface area contributed by atoms with Crippen LogP contribution in [0.5, 0.6) is 5.75 Å². The van der Waals surface area contributed by atoms with E-state index in [9.17, 15) is 4.79 Å². The first-order valence-electron chi connectivity index (χ1n) is 5.97. The summed E-state index contributed by atoms with van der Waals surface area (Å²) in [5.74, 6) is 0.659. The molecule has 1 atom stereocenters. The number of benzene rings is 1. The Bertz CT molecular complexity index is 609. The van der Waals surface area contributed by atoms with Gasteiger partial charge in [0.15, 0.2) is 11.5 Å². The monoisotopic (exact) mass is 277 g/mol. The van der Waals surface area contributed by atoms with Gasteiger partial charge in [0.05, 0.1) is 23.5 Å². The van der Waals surface area contributed by atoms with Crippen LogP contribution in [0.2, 0.25) is 5.02 Å². The summed E-state index contributed by atoms with van der Waals surface area (Å²) in [5, 5.41) is 0.501. The quantitative estimate of drug-likeness (QED) is 0.803. The largest absolute Gasteiger partial charge is 0.485 e. The summed E-state index contributed by atoms with van der Waals surface area (Å²) in [5.41, 5.74) is 0.673. The number of furan rings is 1. The molecule has 19 heavy (non-hydrogen) atoms. The number of anilines is 1. The number of hydrogen-bond acceptors (Lipinski definition) is 3. The van der Waals surface area contributed by atoms with Crippen LogP contribution in [0.4, 0.5) is 5.69 Å². The van der Waals surface area contributed by atoms with E-state index in [0.29, 0.717) is 28.8 Å². The third-order valence-electron chi connectivity index (χ3n) is 2.97. The zero-order valence-electron chi connectivity index (χ0n) is 10.3. The van der Waals surface area contributed by atoms with Crippen LogP contribution in [0.3, 0.4) is 0 Å². The predicted molar refractivity (Wildman–Crippen MR) is 71.9 cm³/mol. The molecule has 0 saturated heterocycles. The summed E-state index contributed by atoms with van der Waals surface area (Å²) in [6, 6.07) is 8.69. The molecule has 3 rings (SSSR count). The average Bonchev–Trinajstić information content (AvgIpc) is 2.92. The Morgan fingerprint density at radius 1 is 1.37 bits per heavy atom. The number of para-hydroxylation sites is 1. The van der Waals surface area contributed by atoms with E-state index < -0.39 is 0 Å². The second-order valence-electron chi connectivity index (χ2n) is 4.41. The molecule has 0 spiro atoms. The number of amides is 1. The SMILES string of the molecule is CC1CN(C(=O)c2ccco2)c2cccc(Cl)c2O1. The van der Waals surface area contributed by atoms with Crippen molar-refractivity contribution in [2.45, 2.75) is 13.0 Å². The molecular weight excluding hydrogens is 266 g/mol. The maximum Gasteiger partial charge on any atom is 0.294 e. The number of nitrogens with zero attached hydrogens (tertiary/aromatic N) is 1. The Morgan fingerprint density at radius 3 is 2.95 bits per heavy atom. The second kappa shape index (κ2) is 4.63. The molecule has 2 heterocycles. The van der Waals surface area contributed by atoms with E-state index in [4.69, 9.17) is 20.8 Å². The van der Waals surface area contributed by atoms with Gasteiger partial charge in [0.1, 0.15) is 6.10 Å². The molecule has 0 bridgehead atoms. The van der Waals surface area contributed by atoms with Gasteiger partial charge in [-0.1, -0.05) is 17.7 Å². The van der Waals surface area contributed by atoms with Crippen molar-refractivity contribution in [2.75, 3.05) is 11.4 Å². The molecule has 1 aromatic heterocycles. The van der Waals surface area contributed by atoms with E-state index in [1.165, 1.54) is 6.26 Å². The van der Waals surface area contributed by atoms with Crippen molar-refractivity contribution in [2.24, 2.45) is 0 Å². The Morgan fingerprint density at radius 2 is 2.21 bits per heavy atom. The summed E-state index contributed by atoms with van der Waals surface area (Å²) in [6.45, 7) is 2.36. The highest BCUT2D eigenvalue weighted by Gasteiger charge is 2.30. The minimum Gasteiger partial charge on any atom is -0.485 e.